The molecule has 24 heavy (non-hydrogen) atoms. The van der Waals surface area contributed by atoms with Gasteiger partial charge in [-0.3, -0.25) is 9.20 Å². The summed E-state index contributed by atoms with van der Waals surface area (Å²) in [6.45, 7) is -0.136. The van der Waals surface area contributed by atoms with E-state index in [9.17, 15) is 9.59 Å². The number of benzene rings is 1. The maximum absolute atomic E-state index is 12.1. The van der Waals surface area contributed by atoms with E-state index in [0.29, 0.717) is 16.4 Å². The monoisotopic (exact) mass is 407 g/mol. The average molecular weight is 409 g/mol. The molecule has 1 aromatic carbocycles. The van der Waals surface area contributed by atoms with E-state index in [4.69, 9.17) is 22.1 Å². The van der Waals surface area contributed by atoms with Gasteiger partial charge in [-0.2, -0.15) is 0 Å². The predicted octanol–water partition coefficient (Wildman–Crippen LogP) is 3.05. The minimum absolute atomic E-state index is 0.136. The third-order valence-electron chi connectivity index (χ3n) is 3.26. The first-order valence-electron chi connectivity index (χ1n) is 6.84. The molecule has 0 amide bonds. The number of hydrogen-bond acceptors (Lipinski definition) is 5. The van der Waals surface area contributed by atoms with Crippen LogP contribution in [-0.2, 0) is 11.3 Å². The van der Waals surface area contributed by atoms with Gasteiger partial charge in [0, 0.05) is 27.4 Å². The number of rotatable bonds is 3. The normalized spacial score (nSPS) is 10.8. The van der Waals surface area contributed by atoms with E-state index in [1.165, 1.54) is 22.6 Å². The van der Waals surface area contributed by atoms with Crippen molar-refractivity contribution >= 4 is 44.8 Å². The van der Waals surface area contributed by atoms with Crippen LogP contribution < -0.4 is 11.3 Å². The van der Waals surface area contributed by atoms with Crippen LogP contribution in [0.4, 0.5) is 5.69 Å². The molecule has 0 aliphatic carbocycles. The molecular formula is C16H11BrClN3O3. The molecule has 0 unspecified atom stereocenters. The van der Waals surface area contributed by atoms with Gasteiger partial charge in [-0.25, -0.2) is 9.78 Å². The molecule has 0 spiro atoms. The average Bonchev–Trinajstić information content (AvgIpc) is 2.53. The maximum atomic E-state index is 12.1. The van der Waals surface area contributed by atoms with Crippen molar-refractivity contribution in [3.63, 3.8) is 0 Å². The Kier molecular flexibility index (Phi) is 4.55. The second-order valence-electron chi connectivity index (χ2n) is 4.97. The number of nitrogens with two attached hydrogens (primary N) is 1. The summed E-state index contributed by atoms with van der Waals surface area (Å²) < 4.78 is 7.34. The van der Waals surface area contributed by atoms with Gasteiger partial charge in [0.25, 0.3) is 5.56 Å². The van der Waals surface area contributed by atoms with Crippen molar-refractivity contribution in [3.8, 4) is 0 Å². The number of carbonyl (C=O) groups is 1. The zero-order valence-electron chi connectivity index (χ0n) is 12.2. The summed E-state index contributed by atoms with van der Waals surface area (Å²) in [7, 11) is 0. The summed E-state index contributed by atoms with van der Waals surface area (Å²) in [5.41, 5.74) is 6.73. The molecule has 6 nitrogen and oxygen atoms in total. The zero-order valence-corrected chi connectivity index (χ0v) is 14.5. The van der Waals surface area contributed by atoms with Crippen LogP contribution in [0.5, 0.6) is 0 Å². The fourth-order valence-electron chi connectivity index (χ4n) is 2.14. The fraction of sp³-hybridized carbons (Fsp3) is 0.0625. The lowest BCUT2D eigenvalue weighted by Crippen LogP contribution is -2.17. The molecule has 8 heteroatoms. The van der Waals surface area contributed by atoms with Crippen molar-refractivity contribution in [1.82, 2.24) is 9.38 Å². The zero-order chi connectivity index (χ0) is 17.3. The Balaban J connectivity index is 1.81. The summed E-state index contributed by atoms with van der Waals surface area (Å²) in [6.07, 6.45) is 1.62. The second kappa shape index (κ2) is 6.62. The summed E-state index contributed by atoms with van der Waals surface area (Å²) >= 11 is 9.09. The lowest BCUT2D eigenvalue weighted by atomic mass is 10.2. The molecule has 122 valence electrons. The molecule has 0 saturated carbocycles. The number of ether oxygens (including phenoxy) is 1. The van der Waals surface area contributed by atoms with Gasteiger partial charge >= 0.3 is 5.97 Å². The summed E-state index contributed by atoms with van der Waals surface area (Å²) in [5, 5.41) is 0.430. The summed E-state index contributed by atoms with van der Waals surface area (Å²) in [6, 6.07) is 9.28. The molecule has 3 rings (SSSR count). The van der Waals surface area contributed by atoms with Crippen molar-refractivity contribution in [1.29, 1.82) is 0 Å². The van der Waals surface area contributed by atoms with Crippen LogP contribution in [0.15, 0.2) is 51.9 Å². The Morgan fingerprint density at radius 1 is 1.29 bits per heavy atom. The van der Waals surface area contributed by atoms with Crippen LogP contribution in [0, 0.1) is 0 Å². The van der Waals surface area contributed by atoms with Crippen LogP contribution in [0.25, 0.3) is 5.65 Å². The van der Waals surface area contributed by atoms with Crippen LogP contribution in [0.2, 0.25) is 5.02 Å². The summed E-state index contributed by atoms with van der Waals surface area (Å²) in [4.78, 5) is 28.5. The van der Waals surface area contributed by atoms with Gasteiger partial charge in [0.2, 0.25) is 0 Å². The first-order chi connectivity index (χ1) is 11.4. The van der Waals surface area contributed by atoms with Crippen LogP contribution in [0.3, 0.4) is 0 Å². The van der Waals surface area contributed by atoms with Crippen molar-refractivity contribution in [2.24, 2.45) is 0 Å². The van der Waals surface area contributed by atoms with Crippen molar-refractivity contribution < 1.29 is 9.53 Å². The molecule has 0 radical (unpaired) electrons. The molecule has 2 aromatic heterocycles. The number of anilines is 1. The highest BCUT2D eigenvalue weighted by Crippen LogP contribution is 2.19. The third-order valence-corrected chi connectivity index (χ3v) is 3.97. The van der Waals surface area contributed by atoms with Crippen LogP contribution in [0.1, 0.15) is 16.1 Å². The van der Waals surface area contributed by atoms with Gasteiger partial charge in [-0.1, -0.05) is 11.6 Å². The molecule has 0 aliphatic rings. The van der Waals surface area contributed by atoms with E-state index >= 15 is 0 Å². The Hall–Kier alpha value is -2.38. The molecule has 0 fully saturated rings. The predicted molar refractivity (Wildman–Crippen MR) is 94.1 cm³/mol. The van der Waals surface area contributed by atoms with Crippen molar-refractivity contribution in [2.75, 3.05) is 5.73 Å². The van der Waals surface area contributed by atoms with Gasteiger partial charge in [0.05, 0.1) is 11.3 Å². The molecule has 3 aromatic rings. The maximum Gasteiger partial charge on any atom is 0.340 e. The minimum atomic E-state index is -0.609. The van der Waals surface area contributed by atoms with E-state index in [-0.39, 0.29) is 23.4 Å². The molecule has 0 aliphatic heterocycles. The highest BCUT2D eigenvalue weighted by molar-refractivity contribution is 9.10. The fourth-order valence-corrected chi connectivity index (χ4v) is 2.65. The first-order valence-corrected chi connectivity index (χ1v) is 8.01. The molecule has 0 atom stereocenters. The van der Waals surface area contributed by atoms with E-state index in [1.807, 2.05) is 0 Å². The number of esters is 1. The smallest absolute Gasteiger partial charge is 0.340 e. The number of nitrogen functional groups attached to an aromatic ring is 1. The SMILES string of the molecule is Nc1cc(Cl)ccc1C(=O)OCc1cc(=O)n2cc(Br)ccc2n1. The number of nitrogens with zero attached hydrogens (tertiary/aromatic N) is 2. The van der Waals surface area contributed by atoms with E-state index in [2.05, 4.69) is 20.9 Å². The highest BCUT2D eigenvalue weighted by Gasteiger charge is 2.13. The number of hydrogen-bond donors (Lipinski definition) is 1. The quantitative estimate of drug-likeness (QED) is 0.532. The van der Waals surface area contributed by atoms with E-state index in [0.717, 1.165) is 4.47 Å². The first kappa shape index (κ1) is 16.5. The summed E-state index contributed by atoms with van der Waals surface area (Å²) in [5.74, 6) is -0.609. The highest BCUT2D eigenvalue weighted by atomic mass is 79.9. The molecule has 2 N–H and O–H groups in total. The van der Waals surface area contributed by atoms with Gasteiger partial charge in [0.15, 0.2) is 0 Å². The van der Waals surface area contributed by atoms with E-state index in [1.54, 1.807) is 24.4 Å². The molecule has 2 heterocycles. The number of pyridine rings is 1. The van der Waals surface area contributed by atoms with Gasteiger partial charge < -0.3 is 10.5 Å². The van der Waals surface area contributed by atoms with Crippen molar-refractivity contribution in [3.05, 3.63) is 73.7 Å². The molecule has 0 saturated heterocycles. The third kappa shape index (κ3) is 3.42. The number of carbonyl (C=O) groups excluding carboxylic acids is 1. The molecular weight excluding hydrogens is 398 g/mol. The lowest BCUT2D eigenvalue weighted by molar-refractivity contribution is 0.0469. The number of aromatic nitrogens is 2. The Morgan fingerprint density at radius 2 is 2.08 bits per heavy atom. The topological polar surface area (TPSA) is 86.7 Å². The Morgan fingerprint density at radius 3 is 2.83 bits per heavy atom. The largest absolute Gasteiger partial charge is 0.456 e. The number of fused-ring (bicyclic) bond motifs is 1. The van der Waals surface area contributed by atoms with Gasteiger partial charge in [-0.05, 0) is 46.3 Å². The van der Waals surface area contributed by atoms with Gasteiger partial charge in [0.1, 0.15) is 12.3 Å². The Labute approximate surface area is 150 Å². The van der Waals surface area contributed by atoms with E-state index < -0.39 is 5.97 Å². The van der Waals surface area contributed by atoms with Crippen LogP contribution in [-0.4, -0.2) is 15.4 Å². The van der Waals surface area contributed by atoms with Crippen molar-refractivity contribution in [2.45, 2.75) is 6.61 Å². The lowest BCUT2D eigenvalue weighted by Gasteiger charge is -2.08. The van der Waals surface area contributed by atoms with Gasteiger partial charge in [-0.15, -0.1) is 0 Å². The number of halogens is 2. The van der Waals surface area contributed by atoms with Crippen LogP contribution >= 0.6 is 27.5 Å². The minimum Gasteiger partial charge on any atom is -0.456 e. The standard InChI is InChI=1S/C16H11BrClN3O3/c17-9-1-4-14-20-11(6-15(22)21(14)7-9)8-24-16(23)12-3-2-10(18)5-13(12)19/h1-7H,8,19H2. The second-order valence-corrected chi connectivity index (χ2v) is 6.32. The molecule has 0 bridgehead atoms. The Bertz CT molecular complexity index is 1000.